The molecule has 0 aliphatic carbocycles. The summed E-state index contributed by atoms with van der Waals surface area (Å²) in [6, 6.07) is 13.6. The standard InChI is InChI=1S/C20H23NO3/c1-13-5-8-16(9-6-13)11-17(12-19(22)23)20(24)21-18-10-14(2)4-7-15(18)3/h4-10,17H,11-12H2,1-3H3,(H,21,24)(H,22,23)/t17-/m1/s1. The normalized spacial score (nSPS) is 11.8. The zero-order valence-electron chi connectivity index (χ0n) is 14.3. The Balaban J connectivity index is 2.16. The number of carboxylic acids is 1. The third kappa shape index (κ3) is 4.95. The van der Waals surface area contributed by atoms with Gasteiger partial charge in [0.15, 0.2) is 0 Å². The second kappa shape index (κ2) is 7.77. The molecular weight excluding hydrogens is 302 g/mol. The number of aliphatic carboxylic acids is 1. The largest absolute Gasteiger partial charge is 0.481 e. The predicted molar refractivity (Wildman–Crippen MR) is 95.2 cm³/mol. The summed E-state index contributed by atoms with van der Waals surface area (Å²) in [6.45, 7) is 5.86. The Kier molecular flexibility index (Phi) is 5.74. The zero-order chi connectivity index (χ0) is 17.7. The van der Waals surface area contributed by atoms with Gasteiger partial charge >= 0.3 is 5.97 Å². The van der Waals surface area contributed by atoms with Crippen molar-refractivity contribution in [3.63, 3.8) is 0 Å². The van der Waals surface area contributed by atoms with Gasteiger partial charge in [-0.15, -0.1) is 0 Å². The summed E-state index contributed by atoms with van der Waals surface area (Å²) in [4.78, 5) is 23.8. The van der Waals surface area contributed by atoms with Gasteiger partial charge in [-0.1, -0.05) is 42.0 Å². The van der Waals surface area contributed by atoms with Crippen LogP contribution in [0.4, 0.5) is 5.69 Å². The fraction of sp³-hybridized carbons (Fsp3) is 0.300. The number of aryl methyl sites for hydroxylation is 3. The number of nitrogens with one attached hydrogen (secondary N) is 1. The minimum absolute atomic E-state index is 0.190. The lowest BCUT2D eigenvalue weighted by atomic mass is 9.94. The topological polar surface area (TPSA) is 66.4 Å². The molecule has 0 saturated carbocycles. The second-order valence-corrected chi connectivity index (χ2v) is 6.29. The van der Waals surface area contributed by atoms with Crippen molar-refractivity contribution in [1.82, 2.24) is 0 Å². The highest BCUT2D eigenvalue weighted by Gasteiger charge is 2.22. The number of benzene rings is 2. The van der Waals surface area contributed by atoms with Gasteiger partial charge in [0, 0.05) is 5.69 Å². The lowest BCUT2D eigenvalue weighted by Gasteiger charge is -2.17. The second-order valence-electron chi connectivity index (χ2n) is 6.29. The maximum Gasteiger partial charge on any atom is 0.304 e. The van der Waals surface area contributed by atoms with E-state index in [1.165, 1.54) is 0 Å². The van der Waals surface area contributed by atoms with Crippen LogP contribution in [-0.4, -0.2) is 17.0 Å². The van der Waals surface area contributed by atoms with Gasteiger partial charge in [0.05, 0.1) is 12.3 Å². The predicted octanol–water partition coefficient (Wildman–Crippen LogP) is 3.88. The van der Waals surface area contributed by atoms with Crippen LogP contribution in [0.5, 0.6) is 0 Å². The fourth-order valence-electron chi connectivity index (χ4n) is 2.58. The number of hydrogen-bond donors (Lipinski definition) is 2. The molecule has 0 saturated heterocycles. The maximum absolute atomic E-state index is 12.6. The lowest BCUT2D eigenvalue weighted by Crippen LogP contribution is -2.27. The van der Waals surface area contributed by atoms with E-state index in [1.54, 1.807) is 0 Å². The molecule has 0 heterocycles. The van der Waals surface area contributed by atoms with E-state index in [0.29, 0.717) is 6.42 Å². The molecular formula is C20H23NO3. The molecule has 4 nitrogen and oxygen atoms in total. The first-order valence-corrected chi connectivity index (χ1v) is 8.00. The third-order valence-corrected chi connectivity index (χ3v) is 4.05. The first kappa shape index (κ1) is 17.7. The van der Waals surface area contributed by atoms with Crippen molar-refractivity contribution < 1.29 is 14.7 Å². The first-order chi connectivity index (χ1) is 11.3. The van der Waals surface area contributed by atoms with Crippen LogP contribution in [0.1, 0.15) is 28.7 Å². The van der Waals surface area contributed by atoms with Crippen LogP contribution in [0.25, 0.3) is 0 Å². The number of amides is 1. The number of hydrogen-bond acceptors (Lipinski definition) is 2. The van der Waals surface area contributed by atoms with E-state index in [4.69, 9.17) is 5.11 Å². The third-order valence-electron chi connectivity index (χ3n) is 4.05. The van der Waals surface area contributed by atoms with Crippen LogP contribution in [0, 0.1) is 26.7 Å². The van der Waals surface area contributed by atoms with Gasteiger partial charge in [-0.2, -0.15) is 0 Å². The molecule has 1 atom stereocenters. The average molecular weight is 325 g/mol. The van der Waals surface area contributed by atoms with E-state index < -0.39 is 11.9 Å². The Labute approximate surface area is 142 Å². The van der Waals surface area contributed by atoms with Crippen molar-refractivity contribution >= 4 is 17.6 Å². The van der Waals surface area contributed by atoms with Crippen molar-refractivity contribution in [2.45, 2.75) is 33.6 Å². The Morgan fingerprint density at radius 3 is 2.25 bits per heavy atom. The monoisotopic (exact) mass is 325 g/mol. The van der Waals surface area contributed by atoms with Gasteiger partial charge in [-0.25, -0.2) is 0 Å². The van der Waals surface area contributed by atoms with Crippen LogP contribution >= 0.6 is 0 Å². The number of carbonyl (C=O) groups is 2. The highest BCUT2D eigenvalue weighted by molar-refractivity contribution is 5.95. The fourth-order valence-corrected chi connectivity index (χ4v) is 2.58. The van der Waals surface area contributed by atoms with E-state index in [-0.39, 0.29) is 12.3 Å². The van der Waals surface area contributed by atoms with Gasteiger partial charge in [0.25, 0.3) is 0 Å². The molecule has 0 aliphatic rings. The first-order valence-electron chi connectivity index (χ1n) is 8.00. The van der Waals surface area contributed by atoms with E-state index in [2.05, 4.69) is 5.32 Å². The van der Waals surface area contributed by atoms with E-state index >= 15 is 0 Å². The molecule has 2 rings (SSSR count). The van der Waals surface area contributed by atoms with E-state index in [1.807, 2.05) is 63.2 Å². The van der Waals surface area contributed by atoms with Gasteiger partial charge in [0.1, 0.15) is 0 Å². The van der Waals surface area contributed by atoms with Crippen molar-refractivity contribution in [3.05, 3.63) is 64.7 Å². The average Bonchev–Trinajstić information content (AvgIpc) is 2.52. The molecule has 0 spiro atoms. The number of anilines is 1. The zero-order valence-corrected chi connectivity index (χ0v) is 14.3. The SMILES string of the molecule is Cc1ccc(C[C@H](CC(=O)O)C(=O)Nc2cc(C)ccc2C)cc1. The van der Waals surface area contributed by atoms with Gasteiger partial charge < -0.3 is 10.4 Å². The van der Waals surface area contributed by atoms with Gasteiger partial charge in [-0.3, -0.25) is 9.59 Å². The minimum Gasteiger partial charge on any atom is -0.481 e. The molecule has 0 bridgehead atoms. The molecule has 0 radical (unpaired) electrons. The maximum atomic E-state index is 12.6. The highest BCUT2D eigenvalue weighted by atomic mass is 16.4. The summed E-state index contributed by atoms with van der Waals surface area (Å²) < 4.78 is 0. The number of carbonyl (C=O) groups excluding carboxylic acids is 1. The van der Waals surface area contributed by atoms with Crippen LogP contribution in [0.15, 0.2) is 42.5 Å². The lowest BCUT2D eigenvalue weighted by molar-refractivity contribution is -0.140. The smallest absolute Gasteiger partial charge is 0.304 e. The molecule has 24 heavy (non-hydrogen) atoms. The van der Waals surface area contributed by atoms with Crippen molar-refractivity contribution in [1.29, 1.82) is 0 Å². The molecule has 2 aromatic rings. The Morgan fingerprint density at radius 2 is 1.62 bits per heavy atom. The van der Waals surface area contributed by atoms with Crippen molar-refractivity contribution in [2.24, 2.45) is 5.92 Å². The van der Waals surface area contributed by atoms with Crippen LogP contribution in [-0.2, 0) is 16.0 Å². The summed E-state index contributed by atoms with van der Waals surface area (Å²) in [5.74, 6) is -1.83. The molecule has 2 N–H and O–H groups in total. The van der Waals surface area contributed by atoms with Gasteiger partial charge in [0.2, 0.25) is 5.91 Å². The molecule has 1 amide bonds. The molecule has 4 heteroatoms. The summed E-state index contributed by atoms with van der Waals surface area (Å²) in [6.07, 6.45) is 0.216. The molecule has 126 valence electrons. The Morgan fingerprint density at radius 1 is 1.00 bits per heavy atom. The van der Waals surface area contributed by atoms with Gasteiger partial charge in [-0.05, 0) is 49.9 Å². The molecule has 0 aliphatic heterocycles. The highest BCUT2D eigenvalue weighted by Crippen LogP contribution is 2.20. The number of rotatable bonds is 6. The summed E-state index contributed by atoms with van der Waals surface area (Å²) in [5.41, 5.74) is 4.83. The summed E-state index contributed by atoms with van der Waals surface area (Å²) in [7, 11) is 0. The molecule has 0 unspecified atom stereocenters. The molecule has 2 aromatic carbocycles. The van der Waals surface area contributed by atoms with Crippen molar-refractivity contribution in [2.75, 3.05) is 5.32 Å². The van der Waals surface area contributed by atoms with E-state index in [0.717, 1.165) is 27.9 Å². The van der Waals surface area contributed by atoms with Crippen LogP contribution in [0.2, 0.25) is 0 Å². The minimum atomic E-state index is -0.969. The Bertz CT molecular complexity index is 735. The quantitative estimate of drug-likeness (QED) is 0.847. The Hall–Kier alpha value is -2.62. The molecule has 0 aromatic heterocycles. The van der Waals surface area contributed by atoms with Crippen LogP contribution in [0.3, 0.4) is 0 Å². The van der Waals surface area contributed by atoms with E-state index in [9.17, 15) is 9.59 Å². The summed E-state index contributed by atoms with van der Waals surface area (Å²) >= 11 is 0. The molecule has 0 fully saturated rings. The van der Waals surface area contributed by atoms with Crippen molar-refractivity contribution in [3.8, 4) is 0 Å². The van der Waals surface area contributed by atoms with Crippen LogP contribution < -0.4 is 5.32 Å². The number of carboxylic acid groups (broad SMARTS) is 1. The summed E-state index contributed by atoms with van der Waals surface area (Å²) in [5, 5.41) is 12.0.